The Balaban J connectivity index is 4.63. The fourth-order valence-electron chi connectivity index (χ4n) is 3.22. The van der Waals surface area contributed by atoms with E-state index in [0.29, 0.717) is 38.8 Å². The second-order valence-electron chi connectivity index (χ2n) is 9.71. The number of ether oxygens (including phenoxy) is 2. The number of rotatable bonds is 16. The Morgan fingerprint density at radius 1 is 0.765 bits per heavy atom. The molecule has 0 aliphatic carbocycles. The monoisotopic (exact) mass is 488 g/mol. The van der Waals surface area contributed by atoms with Gasteiger partial charge in [-0.1, -0.05) is 27.7 Å². The summed E-state index contributed by atoms with van der Waals surface area (Å²) in [5.41, 5.74) is 31.0. The number of esters is 2. The molecule has 0 heterocycles. The van der Waals surface area contributed by atoms with Gasteiger partial charge in [0.25, 0.3) is 0 Å². The van der Waals surface area contributed by atoms with Crippen molar-refractivity contribution in [2.45, 2.75) is 71.6 Å². The van der Waals surface area contributed by atoms with Gasteiger partial charge in [0.15, 0.2) is 11.9 Å². The SMILES string of the molecule is CC(C)(COC(=O)C(N)CCCN=C(N)N)C(O)C(C)(C)COC(=O)C(N)CCCN=C(N)N. The summed E-state index contributed by atoms with van der Waals surface area (Å²) in [6, 6.07) is -1.66. The van der Waals surface area contributed by atoms with Gasteiger partial charge in [0.2, 0.25) is 0 Å². The lowest BCUT2D eigenvalue weighted by atomic mass is 9.72. The van der Waals surface area contributed by atoms with Crippen LogP contribution in [0.3, 0.4) is 0 Å². The Bertz CT molecular complexity index is 645. The normalized spacial score (nSPS) is 14.4. The van der Waals surface area contributed by atoms with Gasteiger partial charge in [0, 0.05) is 23.9 Å². The molecule has 2 atom stereocenters. The second kappa shape index (κ2) is 14.6. The topological polar surface area (TPSA) is 254 Å². The highest BCUT2D eigenvalue weighted by atomic mass is 16.5. The summed E-state index contributed by atoms with van der Waals surface area (Å²) >= 11 is 0. The number of nitrogens with zero attached hydrogens (tertiary/aromatic N) is 2. The van der Waals surface area contributed by atoms with Crippen LogP contribution in [-0.2, 0) is 19.1 Å². The van der Waals surface area contributed by atoms with E-state index in [1.807, 2.05) is 0 Å². The lowest BCUT2D eigenvalue weighted by Crippen LogP contribution is -2.48. The third kappa shape index (κ3) is 12.6. The predicted octanol–water partition coefficient (Wildman–Crippen LogP) is -1.75. The minimum Gasteiger partial charge on any atom is -0.464 e. The van der Waals surface area contributed by atoms with E-state index in [-0.39, 0.29) is 25.1 Å². The van der Waals surface area contributed by atoms with E-state index in [9.17, 15) is 14.7 Å². The molecular weight excluding hydrogens is 444 g/mol. The number of carbonyl (C=O) groups is 2. The molecule has 13 nitrogen and oxygen atoms in total. The van der Waals surface area contributed by atoms with E-state index in [2.05, 4.69) is 9.98 Å². The lowest BCUT2D eigenvalue weighted by molar-refractivity contribution is -0.160. The van der Waals surface area contributed by atoms with Crippen LogP contribution in [0.5, 0.6) is 0 Å². The third-order valence-corrected chi connectivity index (χ3v) is 5.19. The van der Waals surface area contributed by atoms with Crippen molar-refractivity contribution in [3.05, 3.63) is 0 Å². The number of aliphatic hydroxyl groups is 1. The quantitative estimate of drug-likeness (QED) is 0.0554. The molecule has 0 radical (unpaired) electrons. The molecule has 0 rings (SSSR count). The van der Waals surface area contributed by atoms with Crippen LogP contribution in [0.2, 0.25) is 0 Å². The zero-order valence-corrected chi connectivity index (χ0v) is 20.8. The highest BCUT2D eigenvalue weighted by molar-refractivity contribution is 5.76. The van der Waals surface area contributed by atoms with E-state index >= 15 is 0 Å². The van der Waals surface area contributed by atoms with Crippen LogP contribution in [0.25, 0.3) is 0 Å². The molecule has 0 aromatic heterocycles. The van der Waals surface area contributed by atoms with Gasteiger partial charge in [-0.3, -0.25) is 19.6 Å². The Hall–Kier alpha value is -2.64. The maximum Gasteiger partial charge on any atom is 0.322 e. The zero-order chi connectivity index (χ0) is 26.5. The van der Waals surface area contributed by atoms with Crippen LogP contribution in [0.1, 0.15) is 53.4 Å². The van der Waals surface area contributed by atoms with Gasteiger partial charge >= 0.3 is 11.9 Å². The maximum atomic E-state index is 12.2. The van der Waals surface area contributed by atoms with E-state index < -0.39 is 41.0 Å². The summed E-state index contributed by atoms with van der Waals surface area (Å²) in [5, 5.41) is 10.9. The van der Waals surface area contributed by atoms with Gasteiger partial charge in [0.1, 0.15) is 12.1 Å². The van der Waals surface area contributed by atoms with E-state index in [1.165, 1.54) is 0 Å². The standard InChI is InChI=1S/C21H44N8O5/c1-20(2,11-33-15(30)13(22)7-5-9-28-18(24)25)17(32)21(3,4)12-34-16(31)14(23)8-6-10-29-19(26)27/h13-14,17,32H,5-12,22-23H2,1-4H3,(H4,24,25,28)(H4,26,27,29). The molecule has 0 saturated carbocycles. The number of aliphatic imine (C=N–C) groups is 2. The Kier molecular flexibility index (Phi) is 13.5. The molecule has 2 unspecified atom stereocenters. The molecule has 0 spiro atoms. The minimum absolute atomic E-state index is 0.0231. The molecule has 0 aliphatic heterocycles. The van der Waals surface area contributed by atoms with Crippen LogP contribution >= 0.6 is 0 Å². The number of hydrogen-bond acceptors (Lipinski definition) is 9. The number of nitrogens with two attached hydrogens (primary N) is 6. The Morgan fingerprint density at radius 3 is 1.38 bits per heavy atom. The fourth-order valence-corrected chi connectivity index (χ4v) is 3.22. The summed E-state index contributed by atoms with van der Waals surface area (Å²) in [7, 11) is 0. The van der Waals surface area contributed by atoms with Crippen molar-refractivity contribution in [2.24, 2.45) is 55.2 Å². The van der Waals surface area contributed by atoms with Crippen LogP contribution in [0.15, 0.2) is 9.98 Å². The van der Waals surface area contributed by atoms with E-state index in [1.54, 1.807) is 27.7 Å². The van der Waals surface area contributed by atoms with Crippen LogP contribution in [0, 0.1) is 10.8 Å². The van der Waals surface area contributed by atoms with Crippen molar-refractivity contribution in [3.8, 4) is 0 Å². The molecule has 0 amide bonds. The highest BCUT2D eigenvalue weighted by Crippen LogP contribution is 2.35. The van der Waals surface area contributed by atoms with Crippen molar-refractivity contribution in [3.63, 3.8) is 0 Å². The largest absolute Gasteiger partial charge is 0.464 e. The second-order valence-corrected chi connectivity index (χ2v) is 9.71. The molecule has 0 bridgehead atoms. The molecular formula is C21H44N8O5. The first kappa shape index (κ1) is 31.4. The first-order valence-electron chi connectivity index (χ1n) is 11.2. The number of hydrogen-bond donors (Lipinski definition) is 7. The zero-order valence-electron chi connectivity index (χ0n) is 20.8. The van der Waals surface area contributed by atoms with Crippen LogP contribution < -0.4 is 34.4 Å². The average molecular weight is 489 g/mol. The predicted molar refractivity (Wildman–Crippen MR) is 131 cm³/mol. The Labute approximate surface area is 201 Å². The molecule has 0 aliphatic rings. The van der Waals surface area contributed by atoms with E-state index in [0.717, 1.165) is 0 Å². The third-order valence-electron chi connectivity index (χ3n) is 5.19. The molecule has 198 valence electrons. The molecule has 13 heteroatoms. The van der Waals surface area contributed by atoms with Crippen molar-refractivity contribution in [1.82, 2.24) is 0 Å². The van der Waals surface area contributed by atoms with Gasteiger partial charge in [-0.05, 0) is 25.7 Å². The van der Waals surface area contributed by atoms with Crippen LogP contribution in [0.4, 0.5) is 0 Å². The maximum absolute atomic E-state index is 12.2. The van der Waals surface area contributed by atoms with Crippen molar-refractivity contribution >= 4 is 23.9 Å². The van der Waals surface area contributed by atoms with Gasteiger partial charge < -0.3 is 49.0 Å². The van der Waals surface area contributed by atoms with E-state index in [4.69, 9.17) is 43.9 Å². The average Bonchev–Trinajstić information content (AvgIpc) is 2.75. The fraction of sp³-hybridized carbons (Fsp3) is 0.810. The number of carbonyl (C=O) groups excluding carboxylic acids is 2. The van der Waals surface area contributed by atoms with Crippen LogP contribution in [-0.4, -0.2) is 73.5 Å². The molecule has 34 heavy (non-hydrogen) atoms. The first-order chi connectivity index (χ1) is 15.6. The molecule has 0 fully saturated rings. The number of aliphatic hydroxyl groups excluding tert-OH is 1. The molecule has 13 N–H and O–H groups in total. The first-order valence-corrected chi connectivity index (χ1v) is 11.2. The van der Waals surface area contributed by atoms with Gasteiger partial charge in [-0.15, -0.1) is 0 Å². The van der Waals surface area contributed by atoms with Crippen molar-refractivity contribution in [1.29, 1.82) is 0 Å². The summed E-state index contributed by atoms with van der Waals surface area (Å²) < 4.78 is 10.7. The van der Waals surface area contributed by atoms with Crippen molar-refractivity contribution < 1.29 is 24.2 Å². The van der Waals surface area contributed by atoms with Gasteiger partial charge in [-0.25, -0.2) is 0 Å². The van der Waals surface area contributed by atoms with Gasteiger partial charge in [0.05, 0.1) is 19.3 Å². The smallest absolute Gasteiger partial charge is 0.322 e. The van der Waals surface area contributed by atoms with Gasteiger partial charge in [-0.2, -0.15) is 0 Å². The summed E-state index contributed by atoms with van der Waals surface area (Å²) in [6.45, 7) is 7.55. The van der Waals surface area contributed by atoms with Crippen molar-refractivity contribution in [2.75, 3.05) is 26.3 Å². The highest BCUT2D eigenvalue weighted by Gasteiger charge is 2.41. The summed E-state index contributed by atoms with van der Waals surface area (Å²) in [5.74, 6) is -1.21. The molecule has 0 saturated heterocycles. The molecule has 0 aromatic carbocycles. The molecule has 0 aromatic rings. The summed E-state index contributed by atoms with van der Waals surface area (Å²) in [4.78, 5) is 32.1. The summed E-state index contributed by atoms with van der Waals surface area (Å²) in [6.07, 6.45) is 0.777. The lowest BCUT2D eigenvalue weighted by Gasteiger charge is -2.40. The minimum atomic E-state index is -0.975. The Morgan fingerprint density at radius 2 is 1.09 bits per heavy atom. The number of guanidine groups is 2.